The number of hydrogen-bond acceptors (Lipinski definition) is 5. The molecule has 0 spiro atoms. The Morgan fingerprint density at radius 1 is 1.05 bits per heavy atom. The van der Waals surface area contributed by atoms with E-state index in [1.54, 1.807) is 6.33 Å². The number of ether oxygens (including phenoxy) is 1. The summed E-state index contributed by atoms with van der Waals surface area (Å²) in [6.07, 6.45) is 10.6. The van der Waals surface area contributed by atoms with Gasteiger partial charge in [0.25, 0.3) is 0 Å². The molecule has 0 aromatic carbocycles. The van der Waals surface area contributed by atoms with Crippen molar-refractivity contribution in [2.24, 2.45) is 0 Å². The number of fused-ring (bicyclic) bond motifs is 1. The summed E-state index contributed by atoms with van der Waals surface area (Å²) in [5.41, 5.74) is 7.23. The number of aryl methyl sites for hydroxylation is 1. The first-order valence-corrected chi connectivity index (χ1v) is 7.82. The molecule has 6 heteroatoms. The Hall–Kier alpha value is -1.69. The number of unbranched alkanes of at least 4 members (excludes halogenated alkanes) is 4. The van der Waals surface area contributed by atoms with Crippen molar-refractivity contribution in [2.45, 2.75) is 52.0 Å². The van der Waals surface area contributed by atoms with Crippen molar-refractivity contribution in [3.05, 3.63) is 12.7 Å². The minimum atomic E-state index is 0.432. The van der Waals surface area contributed by atoms with Crippen LogP contribution in [0.2, 0.25) is 0 Å². The molecule has 0 atom stereocenters. The number of anilines is 1. The largest absolute Gasteiger partial charge is 0.382 e. The van der Waals surface area contributed by atoms with Crippen molar-refractivity contribution in [2.75, 3.05) is 18.9 Å². The van der Waals surface area contributed by atoms with Crippen LogP contribution in [-0.2, 0) is 11.3 Å². The molecule has 116 valence electrons. The number of aromatic nitrogens is 4. The molecule has 0 radical (unpaired) electrons. The molecule has 0 saturated carbocycles. The maximum atomic E-state index is 5.76. The fraction of sp³-hybridized carbons (Fsp3) is 0.667. The predicted octanol–water partition coefficient (Wildman–Crippen LogP) is 2.79. The van der Waals surface area contributed by atoms with Gasteiger partial charge in [-0.2, -0.15) is 0 Å². The normalized spacial score (nSPS) is 11.3. The van der Waals surface area contributed by atoms with E-state index in [4.69, 9.17) is 10.5 Å². The smallest absolute Gasteiger partial charge is 0.165 e. The van der Waals surface area contributed by atoms with Crippen molar-refractivity contribution >= 4 is 17.0 Å². The Morgan fingerprint density at radius 3 is 2.71 bits per heavy atom. The van der Waals surface area contributed by atoms with Gasteiger partial charge in [0.15, 0.2) is 11.5 Å². The van der Waals surface area contributed by atoms with Gasteiger partial charge in [-0.3, -0.25) is 0 Å². The lowest BCUT2D eigenvalue weighted by Crippen LogP contribution is -2.04. The van der Waals surface area contributed by atoms with E-state index < -0.39 is 0 Å². The predicted molar refractivity (Wildman–Crippen MR) is 83.9 cm³/mol. The second kappa shape index (κ2) is 8.56. The Labute approximate surface area is 125 Å². The molecule has 0 aliphatic carbocycles. The van der Waals surface area contributed by atoms with Crippen LogP contribution in [0.3, 0.4) is 0 Å². The average molecular weight is 291 g/mol. The molecule has 0 saturated heterocycles. The number of rotatable bonds is 10. The molecule has 0 amide bonds. The van der Waals surface area contributed by atoms with E-state index in [-0.39, 0.29) is 0 Å². The molecule has 2 aromatic heterocycles. The summed E-state index contributed by atoms with van der Waals surface area (Å²) in [5.74, 6) is 0.432. The zero-order valence-corrected chi connectivity index (χ0v) is 12.8. The van der Waals surface area contributed by atoms with E-state index >= 15 is 0 Å². The lowest BCUT2D eigenvalue weighted by Gasteiger charge is -2.05. The molecule has 0 aliphatic heterocycles. The first-order valence-electron chi connectivity index (χ1n) is 7.82. The Kier molecular flexibility index (Phi) is 6.40. The Morgan fingerprint density at radius 2 is 1.86 bits per heavy atom. The molecule has 6 nitrogen and oxygen atoms in total. The van der Waals surface area contributed by atoms with Crippen molar-refractivity contribution in [3.63, 3.8) is 0 Å². The number of imidazole rings is 1. The number of nitrogen functional groups attached to an aromatic ring is 1. The van der Waals surface area contributed by atoms with Crippen molar-refractivity contribution in [1.82, 2.24) is 19.5 Å². The minimum absolute atomic E-state index is 0.432. The van der Waals surface area contributed by atoms with Gasteiger partial charge in [-0.1, -0.05) is 32.6 Å². The van der Waals surface area contributed by atoms with Crippen LogP contribution in [0, 0.1) is 0 Å². The summed E-state index contributed by atoms with van der Waals surface area (Å²) < 4.78 is 7.65. The second-order valence-electron chi connectivity index (χ2n) is 5.25. The maximum absolute atomic E-state index is 5.76. The lowest BCUT2D eigenvalue weighted by molar-refractivity contribution is 0.125. The van der Waals surface area contributed by atoms with E-state index in [0.717, 1.165) is 38.2 Å². The Bertz CT molecular complexity index is 540. The lowest BCUT2D eigenvalue weighted by atomic mass is 10.2. The summed E-state index contributed by atoms with van der Waals surface area (Å²) >= 11 is 0. The SMILES string of the molecule is CCCCCCCOCCCn1cnc2c(N)ncnc21. The highest BCUT2D eigenvalue weighted by atomic mass is 16.5. The van der Waals surface area contributed by atoms with Gasteiger partial charge in [-0.05, 0) is 12.8 Å². The van der Waals surface area contributed by atoms with Gasteiger partial charge in [0.2, 0.25) is 0 Å². The second-order valence-corrected chi connectivity index (χ2v) is 5.25. The van der Waals surface area contributed by atoms with Gasteiger partial charge in [0, 0.05) is 19.8 Å². The quantitative estimate of drug-likeness (QED) is 0.681. The average Bonchev–Trinajstić information content (AvgIpc) is 2.90. The molecular weight excluding hydrogens is 266 g/mol. The molecular formula is C15H25N5O. The molecule has 2 aromatic rings. The Balaban J connectivity index is 1.63. The summed E-state index contributed by atoms with van der Waals surface area (Å²) in [4.78, 5) is 12.4. The van der Waals surface area contributed by atoms with Gasteiger partial charge < -0.3 is 15.0 Å². The number of hydrogen-bond donors (Lipinski definition) is 1. The third-order valence-corrected chi connectivity index (χ3v) is 3.51. The number of nitrogens with two attached hydrogens (primary N) is 1. The van der Waals surface area contributed by atoms with Crippen molar-refractivity contribution < 1.29 is 4.74 Å². The standard InChI is InChI=1S/C15H25N5O/c1-2-3-4-5-6-9-21-10-7-8-20-12-19-13-14(16)17-11-18-15(13)20/h11-12H,2-10H2,1H3,(H2,16,17,18). The van der Waals surface area contributed by atoms with E-state index in [1.165, 1.54) is 32.0 Å². The van der Waals surface area contributed by atoms with E-state index in [0.29, 0.717) is 11.3 Å². The topological polar surface area (TPSA) is 78.9 Å². The molecule has 2 heterocycles. The minimum Gasteiger partial charge on any atom is -0.382 e. The fourth-order valence-electron chi connectivity index (χ4n) is 2.31. The van der Waals surface area contributed by atoms with E-state index in [1.807, 2.05) is 4.57 Å². The molecule has 0 unspecified atom stereocenters. The summed E-state index contributed by atoms with van der Waals surface area (Å²) in [7, 11) is 0. The maximum Gasteiger partial charge on any atom is 0.165 e. The summed E-state index contributed by atoms with van der Waals surface area (Å²) in [6, 6.07) is 0. The molecule has 2 N–H and O–H groups in total. The monoisotopic (exact) mass is 291 g/mol. The van der Waals surface area contributed by atoms with Crippen LogP contribution in [0.25, 0.3) is 11.2 Å². The van der Waals surface area contributed by atoms with Gasteiger partial charge in [0.1, 0.15) is 11.8 Å². The molecule has 2 rings (SSSR count). The van der Waals surface area contributed by atoms with Gasteiger partial charge in [-0.25, -0.2) is 15.0 Å². The van der Waals surface area contributed by atoms with E-state index in [2.05, 4.69) is 21.9 Å². The zero-order chi connectivity index (χ0) is 14.9. The van der Waals surface area contributed by atoms with Gasteiger partial charge >= 0.3 is 0 Å². The van der Waals surface area contributed by atoms with Crippen molar-refractivity contribution in [1.29, 1.82) is 0 Å². The van der Waals surface area contributed by atoms with Gasteiger partial charge in [0.05, 0.1) is 6.33 Å². The van der Waals surface area contributed by atoms with Crippen LogP contribution in [0.1, 0.15) is 45.4 Å². The highest BCUT2D eigenvalue weighted by Gasteiger charge is 2.06. The summed E-state index contributed by atoms with van der Waals surface area (Å²) in [6.45, 7) is 4.70. The fourth-order valence-corrected chi connectivity index (χ4v) is 2.31. The van der Waals surface area contributed by atoms with Crippen molar-refractivity contribution in [3.8, 4) is 0 Å². The van der Waals surface area contributed by atoms with Crippen LogP contribution >= 0.6 is 0 Å². The zero-order valence-electron chi connectivity index (χ0n) is 12.8. The molecule has 0 bridgehead atoms. The molecule has 0 aliphatic rings. The van der Waals surface area contributed by atoms with Crippen LogP contribution < -0.4 is 5.73 Å². The summed E-state index contributed by atoms with van der Waals surface area (Å²) in [5, 5.41) is 0. The number of nitrogens with zero attached hydrogens (tertiary/aromatic N) is 4. The third-order valence-electron chi connectivity index (χ3n) is 3.51. The van der Waals surface area contributed by atoms with Crippen LogP contribution in [-0.4, -0.2) is 32.7 Å². The highest BCUT2D eigenvalue weighted by molar-refractivity contribution is 5.80. The molecule has 0 fully saturated rings. The third kappa shape index (κ3) is 4.67. The first kappa shape index (κ1) is 15.7. The van der Waals surface area contributed by atoms with Crippen LogP contribution in [0.15, 0.2) is 12.7 Å². The van der Waals surface area contributed by atoms with E-state index in [9.17, 15) is 0 Å². The highest BCUT2D eigenvalue weighted by Crippen LogP contribution is 2.14. The van der Waals surface area contributed by atoms with Crippen LogP contribution in [0.5, 0.6) is 0 Å². The van der Waals surface area contributed by atoms with Gasteiger partial charge in [-0.15, -0.1) is 0 Å². The van der Waals surface area contributed by atoms with Crippen LogP contribution in [0.4, 0.5) is 5.82 Å². The molecule has 21 heavy (non-hydrogen) atoms. The first-order chi connectivity index (χ1) is 10.3.